The lowest BCUT2D eigenvalue weighted by atomic mass is 9.81. The average Bonchev–Trinajstić information content (AvgIpc) is 2.70. The van der Waals surface area contributed by atoms with E-state index in [0.29, 0.717) is 51.7 Å². The normalized spacial score (nSPS) is 19.8. The van der Waals surface area contributed by atoms with Crippen molar-refractivity contribution in [2.24, 2.45) is 17.6 Å². The number of nitrogens with zero attached hydrogens (tertiary/aromatic N) is 2. The van der Waals surface area contributed by atoms with Gasteiger partial charge in [0.2, 0.25) is 0 Å². The lowest BCUT2D eigenvalue weighted by molar-refractivity contribution is 0.246. The van der Waals surface area contributed by atoms with Crippen molar-refractivity contribution in [1.82, 2.24) is 9.55 Å². The van der Waals surface area contributed by atoms with Gasteiger partial charge in [-0.1, -0.05) is 41.8 Å². The van der Waals surface area contributed by atoms with Gasteiger partial charge in [0.15, 0.2) is 0 Å². The van der Waals surface area contributed by atoms with Gasteiger partial charge in [0.1, 0.15) is 5.82 Å². The third-order valence-electron chi connectivity index (χ3n) is 5.67. The van der Waals surface area contributed by atoms with E-state index in [1.807, 2.05) is 28.8 Å². The summed E-state index contributed by atoms with van der Waals surface area (Å²) in [5, 5.41) is 1.76. The molecule has 0 aliphatic heterocycles. The molecule has 2 atom stereocenters. The Kier molecular flexibility index (Phi) is 5.72. The fourth-order valence-electron chi connectivity index (χ4n) is 4.25. The van der Waals surface area contributed by atoms with Crippen LogP contribution in [0.2, 0.25) is 10.0 Å². The molecular formula is C22H23Cl2N3O. The zero-order valence-electron chi connectivity index (χ0n) is 15.6. The summed E-state index contributed by atoms with van der Waals surface area (Å²) >= 11 is 12.4. The minimum absolute atomic E-state index is 0.0356. The van der Waals surface area contributed by atoms with E-state index < -0.39 is 0 Å². The Balaban J connectivity index is 1.85. The molecule has 1 fully saturated rings. The molecule has 2 aromatic carbocycles. The zero-order valence-corrected chi connectivity index (χ0v) is 17.1. The molecule has 0 amide bonds. The van der Waals surface area contributed by atoms with Gasteiger partial charge in [-0.3, -0.25) is 9.36 Å². The molecule has 1 saturated carbocycles. The van der Waals surface area contributed by atoms with Gasteiger partial charge in [0.25, 0.3) is 5.56 Å². The molecule has 28 heavy (non-hydrogen) atoms. The highest BCUT2D eigenvalue weighted by atomic mass is 35.5. The Morgan fingerprint density at radius 1 is 1.07 bits per heavy atom. The molecule has 3 aromatic rings. The van der Waals surface area contributed by atoms with Crippen LogP contribution in [0, 0.1) is 11.8 Å². The molecule has 4 rings (SSSR count). The zero-order chi connectivity index (χ0) is 19.7. The molecule has 1 aliphatic rings. The number of rotatable bonds is 4. The third kappa shape index (κ3) is 3.95. The van der Waals surface area contributed by atoms with Gasteiger partial charge >= 0.3 is 0 Å². The van der Waals surface area contributed by atoms with E-state index in [9.17, 15) is 4.79 Å². The van der Waals surface area contributed by atoms with Gasteiger partial charge in [0, 0.05) is 22.2 Å². The standard InChI is InChI=1S/C22H23Cl2N3O/c23-17-6-2-5-16(10-17)21-26-20-11-18(24)7-8-19(20)22(28)27(21)13-15-4-1-3-14(9-15)12-25/h2,5-8,10-11,14-15H,1,3-4,9,12-13,25H2. The van der Waals surface area contributed by atoms with Crippen LogP contribution in [0.5, 0.6) is 0 Å². The Bertz CT molecular complexity index is 1060. The summed E-state index contributed by atoms with van der Waals surface area (Å²) in [5.74, 6) is 1.60. The third-order valence-corrected chi connectivity index (χ3v) is 6.14. The fourth-order valence-corrected chi connectivity index (χ4v) is 4.61. The van der Waals surface area contributed by atoms with Gasteiger partial charge in [-0.25, -0.2) is 4.98 Å². The minimum atomic E-state index is -0.0356. The monoisotopic (exact) mass is 415 g/mol. The number of halogens is 2. The number of nitrogens with two attached hydrogens (primary N) is 1. The summed E-state index contributed by atoms with van der Waals surface area (Å²) in [5.41, 5.74) is 7.31. The molecule has 146 valence electrons. The number of fused-ring (bicyclic) bond motifs is 1. The van der Waals surface area contributed by atoms with E-state index in [2.05, 4.69) is 0 Å². The minimum Gasteiger partial charge on any atom is -0.330 e. The molecule has 2 unspecified atom stereocenters. The maximum Gasteiger partial charge on any atom is 0.261 e. The molecular weight excluding hydrogens is 393 g/mol. The molecule has 2 N–H and O–H groups in total. The lowest BCUT2D eigenvalue weighted by Gasteiger charge is -2.29. The van der Waals surface area contributed by atoms with Gasteiger partial charge < -0.3 is 5.73 Å². The average molecular weight is 416 g/mol. The van der Waals surface area contributed by atoms with Crippen LogP contribution in [0.4, 0.5) is 0 Å². The van der Waals surface area contributed by atoms with E-state index in [4.69, 9.17) is 33.9 Å². The van der Waals surface area contributed by atoms with Gasteiger partial charge in [-0.2, -0.15) is 0 Å². The van der Waals surface area contributed by atoms with Crippen molar-refractivity contribution in [2.75, 3.05) is 6.54 Å². The predicted molar refractivity (Wildman–Crippen MR) is 116 cm³/mol. The number of aromatic nitrogens is 2. The second kappa shape index (κ2) is 8.24. The summed E-state index contributed by atoms with van der Waals surface area (Å²) in [4.78, 5) is 18.2. The fraction of sp³-hybridized carbons (Fsp3) is 0.364. The molecule has 0 radical (unpaired) electrons. The highest BCUT2D eigenvalue weighted by Gasteiger charge is 2.23. The lowest BCUT2D eigenvalue weighted by Crippen LogP contribution is -2.30. The molecule has 1 aliphatic carbocycles. The van der Waals surface area contributed by atoms with Crippen LogP contribution >= 0.6 is 23.2 Å². The van der Waals surface area contributed by atoms with Crippen LogP contribution in [0.1, 0.15) is 25.7 Å². The van der Waals surface area contributed by atoms with E-state index in [1.165, 1.54) is 6.42 Å². The van der Waals surface area contributed by atoms with Crippen molar-refractivity contribution in [3.05, 3.63) is 62.9 Å². The Morgan fingerprint density at radius 2 is 1.86 bits per heavy atom. The van der Waals surface area contributed by atoms with Crippen LogP contribution < -0.4 is 11.3 Å². The van der Waals surface area contributed by atoms with Crippen molar-refractivity contribution < 1.29 is 0 Å². The van der Waals surface area contributed by atoms with Crippen molar-refractivity contribution in [2.45, 2.75) is 32.2 Å². The number of hydrogen-bond acceptors (Lipinski definition) is 3. The molecule has 1 heterocycles. The van der Waals surface area contributed by atoms with Gasteiger partial charge in [-0.15, -0.1) is 0 Å². The van der Waals surface area contributed by atoms with Crippen molar-refractivity contribution >= 4 is 34.1 Å². The van der Waals surface area contributed by atoms with Crippen LogP contribution in [0.25, 0.3) is 22.3 Å². The van der Waals surface area contributed by atoms with E-state index >= 15 is 0 Å². The number of hydrogen-bond donors (Lipinski definition) is 1. The first kappa shape index (κ1) is 19.4. The van der Waals surface area contributed by atoms with Crippen molar-refractivity contribution in [3.8, 4) is 11.4 Å². The highest BCUT2D eigenvalue weighted by molar-refractivity contribution is 6.31. The highest BCUT2D eigenvalue weighted by Crippen LogP contribution is 2.31. The molecule has 4 nitrogen and oxygen atoms in total. The Hall–Kier alpha value is -1.88. The summed E-state index contributed by atoms with van der Waals surface area (Å²) in [7, 11) is 0. The first-order valence-electron chi connectivity index (χ1n) is 9.71. The van der Waals surface area contributed by atoms with E-state index in [-0.39, 0.29) is 5.56 Å². The van der Waals surface area contributed by atoms with Gasteiger partial charge in [0.05, 0.1) is 10.9 Å². The van der Waals surface area contributed by atoms with Crippen molar-refractivity contribution in [3.63, 3.8) is 0 Å². The first-order valence-corrected chi connectivity index (χ1v) is 10.5. The second-order valence-electron chi connectivity index (χ2n) is 7.66. The molecule has 1 aromatic heterocycles. The van der Waals surface area contributed by atoms with Gasteiger partial charge in [-0.05, 0) is 68.0 Å². The summed E-state index contributed by atoms with van der Waals surface area (Å²) in [6.45, 7) is 1.35. The SMILES string of the molecule is NCC1CCCC(Cn2c(-c3cccc(Cl)c3)nc3cc(Cl)ccc3c2=O)C1. The summed E-state index contributed by atoms with van der Waals surface area (Å²) in [6, 6.07) is 12.7. The second-order valence-corrected chi connectivity index (χ2v) is 8.53. The number of benzene rings is 2. The topological polar surface area (TPSA) is 60.9 Å². The van der Waals surface area contributed by atoms with Crippen LogP contribution in [0.3, 0.4) is 0 Å². The Labute approximate surface area is 174 Å². The van der Waals surface area contributed by atoms with Crippen molar-refractivity contribution in [1.29, 1.82) is 0 Å². The largest absolute Gasteiger partial charge is 0.330 e. The predicted octanol–water partition coefficient (Wildman–Crippen LogP) is 5.14. The van der Waals surface area contributed by atoms with Crippen LogP contribution in [-0.4, -0.2) is 16.1 Å². The van der Waals surface area contributed by atoms with E-state index in [1.54, 1.807) is 18.2 Å². The molecule has 0 bridgehead atoms. The molecule has 0 spiro atoms. The first-order chi connectivity index (χ1) is 13.5. The molecule has 6 heteroatoms. The molecule has 0 saturated heterocycles. The van der Waals surface area contributed by atoms with Crippen LogP contribution in [0.15, 0.2) is 47.3 Å². The smallest absolute Gasteiger partial charge is 0.261 e. The van der Waals surface area contributed by atoms with E-state index in [0.717, 1.165) is 24.8 Å². The Morgan fingerprint density at radius 3 is 2.64 bits per heavy atom. The maximum absolute atomic E-state index is 13.4. The quantitative estimate of drug-likeness (QED) is 0.641. The summed E-state index contributed by atoms with van der Waals surface area (Å²) in [6.07, 6.45) is 4.50. The maximum atomic E-state index is 13.4. The summed E-state index contributed by atoms with van der Waals surface area (Å²) < 4.78 is 1.81. The van der Waals surface area contributed by atoms with Crippen LogP contribution in [-0.2, 0) is 6.54 Å².